The van der Waals surface area contributed by atoms with Crippen LogP contribution in [-0.2, 0) is 6.54 Å². The van der Waals surface area contributed by atoms with E-state index in [0.29, 0.717) is 12.3 Å². The van der Waals surface area contributed by atoms with Gasteiger partial charge in [-0.1, -0.05) is 0 Å². The van der Waals surface area contributed by atoms with Crippen molar-refractivity contribution in [1.29, 1.82) is 0 Å². The lowest BCUT2D eigenvalue weighted by molar-refractivity contribution is 0.0661. The molecule has 5 heteroatoms. The normalized spacial score (nSPS) is 10.6. The molecule has 2 rings (SSSR count). The Bertz CT molecular complexity index is 525. The molecule has 0 atom stereocenters. The summed E-state index contributed by atoms with van der Waals surface area (Å²) in [6.07, 6.45) is 3.65. The topological polar surface area (TPSA) is 68.3 Å². The number of carboxylic acid groups (broad SMARTS) is 1. The number of carbonyl (C=O) groups is 1. The van der Waals surface area contributed by atoms with Gasteiger partial charge in [-0.05, 0) is 25.5 Å². The zero-order valence-corrected chi connectivity index (χ0v) is 9.10. The predicted molar refractivity (Wildman–Crippen MR) is 56.5 cm³/mol. The molecule has 0 radical (unpaired) electrons. The van der Waals surface area contributed by atoms with E-state index in [-0.39, 0.29) is 5.76 Å². The van der Waals surface area contributed by atoms with Gasteiger partial charge in [-0.2, -0.15) is 5.10 Å². The maximum Gasteiger partial charge on any atom is 0.371 e. The largest absolute Gasteiger partial charge is 0.475 e. The van der Waals surface area contributed by atoms with Crippen molar-refractivity contribution < 1.29 is 14.3 Å². The van der Waals surface area contributed by atoms with E-state index in [1.807, 2.05) is 13.1 Å². The number of nitrogens with zero attached hydrogens (tertiary/aromatic N) is 2. The Morgan fingerprint density at radius 2 is 2.31 bits per heavy atom. The number of aryl methyl sites for hydroxylation is 2. The number of carboxylic acids is 1. The van der Waals surface area contributed by atoms with E-state index in [9.17, 15) is 4.79 Å². The Balaban J connectivity index is 2.24. The Hall–Kier alpha value is -2.04. The quantitative estimate of drug-likeness (QED) is 0.856. The Labute approximate surface area is 92.3 Å². The SMILES string of the molecule is Cc1cnn(Cc2cc(C(=O)O)oc2C)c1. The second-order valence-corrected chi connectivity index (χ2v) is 3.71. The highest BCUT2D eigenvalue weighted by atomic mass is 16.4. The standard InChI is InChI=1S/C11H12N2O3/c1-7-4-12-13(5-7)6-9-3-10(11(14)15)16-8(9)2/h3-5H,6H2,1-2H3,(H,14,15). The van der Waals surface area contributed by atoms with Crippen molar-refractivity contribution in [3.05, 3.63) is 41.1 Å². The van der Waals surface area contributed by atoms with Crippen LogP contribution in [0.25, 0.3) is 0 Å². The maximum absolute atomic E-state index is 10.7. The Kier molecular flexibility index (Phi) is 2.52. The van der Waals surface area contributed by atoms with Crippen LogP contribution >= 0.6 is 0 Å². The third-order valence-electron chi connectivity index (χ3n) is 2.33. The van der Waals surface area contributed by atoms with Gasteiger partial charge in [-0.3, -0.25) is 4.68 Å². The number of aromatic carboxylic acids is 1. The molecule has 5 nitrogen and oxygen atoms in total. The summed E-state index contributed by atoms with van der Waals surface area (Å²) in [7, 11) is 0. The zero-order valence-electron chi connectivity index (χ0n) is 9.10. The fraction of sp³-hybridized carbons (Fsp3) is 0.273. The van der Waals surface area contributed by atoms with E-state index in [1.54, 1.807) is 17.8 Å². The summed E-state index contributed by atoms with van der Waals surface area (Å²) >= 11 is 0. The summed E-state index contributed by atoms with van der Waals surface area (Å²) in [5, 5.41) is 12.9. The fourth-order valence-electron chi connectivity index (χ4n) is 1.51. The molecule has 0 aromatic carbocycles. The molecular weight excluding hydrogens is 208 g/mol. The van der Waals surface area contributed by atoms with Gasteiger partial charge in [-0.15, -0.1) is 0 Å². The van der Waals surface area contributed by atoms with Gasteiger partial charge in [0.15, 0.2) is 0 Å². The van der Waals surface area contributed by atoms with Crippen molar-refractivity contribution in [3.8, 4) is 0 Å². The first-order valence-corrected chi connectivity index (χ1v) is 4.88. The molecule has 0 unspecified atom stereocenters. The molecule has 0 aliphatic rings. The van der Waals surface area contributed by atoms with Crippen LogP contribution in [0.3, 0.4) is 0 Å². The summed E-state index contributed by atoms with van der Waals surface area (Å²) in [6, 6.07) is 1.54. The molecule has 2 heterocycles. The van der Waals surface area contributed by atoms with Gasteiger partial charge in [-0.25, -0.2) is 4.79 Å². The predicted octanol–water partition coefficient (Wildman–Crippen LogP) is 1.84. The lowest BCUT2D eigenvalue weighted by Crippen LogP contribution is -2.00. The molecule has 0 aliphatic carbocycles. The van der Waals surface area contributed by atoms with E-state index in [4.69, 9.17) is 9.52 Å². The van der Waals surface area contributed by atoms with Crippen LogP contribution in [-0.4, -0.2) is 20.9 Å². The monoisotopic (exact) mass is 220 g/mol. The average molecular weight is 220 g/mol. The molecule has 0 saturated heterocycles. The van der Waals surface area contributed by atoms with Crippen molar-refractivity contribution >= 4 is 5.97 Å². The molecule has 0 spiro atoms. The molecule has 84 valence electrons. The number of hydrogen-bond donors (Lipinski definition) is 1. The van der Waals surface area contributed by atoms with Crippen molar-refractivity contribution in [2.24, 2.45) is 0 Å². The summed E-state index contributed by atoms with van der Waals surface area (Å²) < 4.78 is 6.86. The third-order valence-corrected chi connectivity index (χ3v) is 2.33. The smallest absolute Gasteiger partial charge is 0.371 e. The van der Waals surface area contributed by atoms with Gasteiger partial charge in [0.05, 0.1) is 12.7 Å². The first-order chi connectivity index (χ1) is 7.56. The molecule has 2 aromatic rings. The summed E-state index contributed by atoms with van der Waals surface area (Å²) in [4.78, 5) is 10.7. The molecule has 1 N–H and O–H groups in total. The second kappa shape index (κ2) is 3.84. The molecule has 0 saturated carbocycles. The zero-order chi connectivity index (χ0) is 11.7. The summed E-state index contributed by atoms with van der Waals surface area (Å²) in [5.74, 6) is -0.465. The Morgan fingerprint density at radius 1 is 1.56 bits per heavy atom. The van der Waals surface area contributed by atoms with E-state index in [2.05, 4.69) is 5.10 Å². The molecule has 16 heavy (non-hydrogen) atoms. The van der Waals surface area contributed by atoms with Crippen LogP contribution < -0.4 is 0 Å². The van der Waals surface area contributed by atoms with Crippen molar-refractivity contribution in [3.63, 3.8) is 0 Å². The van der Waals surface area contributed by atoms with E-state index in [0.717, 1.165) is 11.1 Å². The molecular formula is C11H12N2O3. The number of hydrogen-bond acceptors (Lipinski definition) is 3. The number of furan rings is 1. The molecule has 0 amide bonds. The van der Waals surface area contributed by atoms with Crippen LogP contribution in [0.1, 0.15) is 27.4 Å². The highest BCUT2D eigenvalue weighted by Gasteiger charge is 2.13. The van der Waals surface area contributed by atoms with Crippen molar-refractivity contribution in [2.75, 3.05) is 0 Å². The first-order valence-electron chi connectivity index (χ1n) is 4.88. The van der Waals surface area contributed by atoms with Crippen LogP contribution in [0.15, 0.2) is 22.9 Å². The minimum atomic E-state index is -1.05. The molecule has 2 aromatic heterocycles. The van der Waals surface area contributed by atoms with Crippen molar-refractivity contribution in [2.45, 2.75) is 20.4 Å². The minimum Gasteiger partial charge on any atom is -0.475 e. The summed E-state index contributed by atoms with van der Waals surface area (Å²) in [6.45, 7) is 4.23. The highest BCUT2D eigenvalue weighted by molar-refractivity contribution is 5.84. The number of rotatable bonds is 3. The van der Waals surface area contributed by atoms with E-state index < -0.39 is 5.97 Å². The lowest BCUT2D eigenvalue weighted by atomic mass is 10.2. The second-order valence-electron chi connectivity index (χ2n) is 3.71. The van der Waals surface area contributed by atoms with Crippen LogP contribution in [0.4, 0.5) is 0 Å². The highest BCUT2D eigenvalue weighted by Crippen LogP contribution is 2.15. The van der Waals surface area contributed by atoms with Crippen LogP contribution in [0.2, 0.25) is 0 Å². The summed E-state index contributed by atoms with van der Waals surface area (Å²) in [5.41, 5.74) is 1.90. The molecule has 0 bridgehead atoms. The minimum absolute atomic E-state index is 0.0311. The van der Waals surface area contributed by atoms with Gasteiger partial charge >= 0.3 is 5.97 Å². The Morgan fingerprint density at radius 3 is 2.81 bits per heavy atom. The maximum atomic E-state index is 10.7. The molecule has 0 aliphatic heterocycles. The van der Waals surface area contributed by atoms with Gasteiger partial charge in [0.2, 0.25) is 5.76 Å². The fourth-order valence-corrected chi connectivity index (χ4v) is 1.51. The van der Waals surface area contributed by atoms with Gasteiger partial charge in [0.25, 0.3) is 0 Å². The van der Waals surface area contributed by atoms with E-state index in [1.165, 1.54) is 6.07 Å². The lowest BCUT2D eigenvalue weighted by Gasteiger charge is -1.98. The first kappa shape index (κ1) is 10.5. The van der Waals surface area contributed by atoms with Gasteiger partial charge in [0, 0.05) is 11.8 Å². The van der Waals surface area contributed by atoms with Crippen molar-refractivity contribution in [1.82, 2.24) is 9.78 Å². The van der Waals surface area contributed by atoms with Crippen LogP contribution in [0, 0.1) is 13.8 Å². The van der Waals surface area contributed by atoms with Crippen LogP contribution in [0.5, 0.6) is 0 Å². The third kappa shape index (κ3) is 1.98. The average Bonchev–Trinajstić information content (AvgIpc) is 2.75. The molecule has 0 fully saturated rings. The van der Waals surface area contributed by atoms with E-state index >= 15 is 0 Å². The van der Waals surface area contributed by atoms with Gasteiger partial charge < -0.3 is 9.52 Å². The number of aromatic nitrogens is 2. The van der Waals surface area contributed by atoms with Gasteiger partial charge in [0.1, 0.15) is 5.76 Å².